The maximum atomic E-state index is 13.4. The van der Waals surface area contributed by atoms with Gasteiger partial charge in [-0.25, -0.2) is 14.2 Å². The molecule has 3 atom stereocenters. The van der Waals surface area contributed by atoms with Gasteiger partial charge in [0.25, 0.3) is 0 Å². The standard InChI is InChI=1S/C17H13FN4O2/c18-10-2-3-13-11(5-10)15-12(8-24-13)16(15)22-17(23)21-14-4-1-9(6-19)7-20-14/h1-5,7,12,15-16H,8H2,(H2,20,21,22,23)/t12-,15+,16?/m0/s1. The molecule has 7 heteroatoms. The minimum absolute atomic E-state index is 0.0733. The average molecular weight is 324 g/mol. The first kappa shape index (κ1) is 14.5. The Kier molecular flexibility index (Phi) is 3.31. The lowest BCUT2D eigenvalue weighted by molar-refractivity contribution is 0.249. The second kappa shape index (κ2) is 5.49. The monoisotopic (exact) mass is 324 g/mol. The minimum atomic E-state index is -0.385. The number of benzene rings is 1. The summed E-state index contributed by atoms with van der Waals surface area (Å²) in [6.07, 6.45) is 1.39. The maximum absolute atomic E-state index is 13.4. The molecular weight excluding hydrogens is 311 g/mol. The van der Waals surface area contributed by atoms with Crippen molar-refractivity contribution in [1.82, 2.24) is 10.3 Å². The number of carbonyl (C=O) groups is 1. The van der Waals surface area contributed by atoms with E-state index in [0.717, 1.165) is 5.56 Å². The lowest BCUT2D eigenvalue weighted by atomic mass is 10.1. The number of nitriles is 1. The summed E-state index contributed by atoms with van der Waals surface area (Å²) in [7, 11) is 0. The van der Waals surface area contributed by atoms with E-state index < -0.39 is 0 Å². The summed E-state index contributed by atoms with van der Waals surface area (Å²) < 4.78 is 19.0. The molecule has 0 radical (unpaired) electrons. The van der Waals surface area contributed by atoms with Crippen LogP contribution in [0.3, 0.4) is 0 Å². The molecule has 2 aromatic rings. The number of pyridine rings is 1. The van der Waals surface area contributed by atoms with Crippen molar-refractivity contribution in [2.24, 2.45) is 5.92 Å². The van der Waals surface area contributed by atoms with Crippen LogP contribution in [0.5, 0.6) is 5.75 Å². The molecule has 2 aliphatic rings. The molecule has 1 aromatic carbocycles. The number of carbonyl (C=O) groups excluding carboxylic acids is 1. The molecule has 1 saturated carbocycles. The highest BCUT2D eigenvalue weighted by Crippen LogP contribution is 2.53. The number of nitrogens with zero attached hydrogens (tertiary/aromatic N) is 2. The number of anilines is 1. The summed E-state index contributed by atoms with van der Waals surface area (Å²) in [6, 6.07) is 9.08. The molecule has 1 unspecified atom stereocenters. The van der Waals surface area contributed by atoms with Gasteiger partial charge in [0, 0.05) is 29.6 Å². The van der Waals surface area contributed by atoms with Crippen molar-refractivity contribution in [2.45, 2.75) is 12.0 Å². The number of nitrogens with one attached hydrogen (secondary N) is 2. The van der Waals surface area contributed by atoms with Gasteiger partial charge in [-0.15, -0.1) is 0 Å². The van der Waals surface area contributed by atoms with Crippen LogP contribution in [0.1, 0.15) is 17.0 Å². The van der Waals surface area contributed by atoms with Crippen molar-refractivity contribution >= 4 is 11.8 Å². The third-order valence-corrected chi connectivity index (χ3v) is 4.36. The van der Waals surface area contributed by atoms with Gasteiger partial charge in [-0.3, -0.25) is 5.32 Å². The van der Waals surface area contributed by atoms with Crippen LogP contribution >= 0.6 is 0 Å². The van der Waals surface area contributed by atoms with Gasteiger partial charge in [0.2, 0.25) is 0 Å². The van der Waals surface area contributed by atoms with Gasteiger partial charge in [-0.2, -0.15) is 5.26 Å². The SMILES string of the molecule is N#Cc1ccc(NC(=O)NC2[C@H]3COc4ccc(F)cc4[C@@H]23)nc1. The topological polar surface area (TPSA) is 87.0 Å². The van der Waals surface area contributed by atoms with Crippen LogP contribution in [-0.4, -0.2) is 23.7 Å². The summed E-state index contributed by atoms with van der Waals surface area (Å²) in [5.41, 5.74) is 1.22. The summed E-state index contributed by atoms with van der Waals surface area (Å²) in [5, 5.41) is 14.2. The Hall–Kier alpha value is -3.14. The Labute approximate surface area is 137 Å². The number of ether oxygens (including phenoxy) is 1. The molecule has 1 aliphatic heterocycles. The first-order chi connectivity index (χ1) is 11.7. The van der Waals surface area contributed by atoms with Gasteiger partial charge >= 0.3 is 6.03 Å². The Bertz CT molecular complexity index is 847. The van der Waals surface area contributed by atoms with Crippen molar-refractivity contribution < 1.29 is 13.9 Å². The predicted octanol–water partition coefficient (Wildman–Crippen LogP) is 2.39. The third kappa shape index (κ3) is 2.52. The third-order valence-electron chi connectivity index (χ3n) is 4.36. The highest BCUT2D eigenvalue weighted by Gasteiger charge is 2.55. The average Bonchev–Trinajstić information content (AvgIpc) is 3.28. The number of rotatable bonds is 2. The zero-order valence-corrected chi connectivity index (χ0v) is 12.5. The minimum Gasteiger partial charge on any atom is -0.493 e. The Morgan fingerprint density at radius 1 is 1.38 bits per heavy atom. The number of amides is 2. The molecule has 24 heavy (non-hydrogen) atoms. The summed E-state index contributed by atoms with van der Waals surface area (Å²) in [5.74, 6) is 0.951. The maximum Gasteiger partial charge on any atom is 0.320 e. The van der Waals surface area contributed by atoms with Crippen LogP contribution in [0, 0.1) is 23.1 Å². The summed E-state index contributed by atoms with van der Waals surface area (Å²) >= 11 is 0. The number of aromatic nitrogens is 1. The Morgan fingerprint density at radius 2 is 2.25 bits per heavy atom. The van der Waals surface area contributed by atoms with Gasteiger partial charge in [0.1, 0.15) is 23.5 Å². The van der Waals surface area contributed by atoms with E-state index in [4.69, 9.17) is 10.00 Å². The van der Waals surface area contributed by atoms with Crippen molar-refractivity contribution in [2.75, 3.05) is 11.9 Å². The van der Waals surface area contributed by atoms with Crippen LogP contribution in [0.25, 0.3) is 0 Å². The molecule has 0 bridgehead atoms. The molecule has 0 saturated heterocycles. The smallest absolute Gasteiger partial charge is 0.320 e. The number of urea groups is 1. The number of hydrogen-bond donors (Lipinski definition) is 2. The van der Waals surface area contributed by atoms with Crippen LogP contribution < -0.4 is 15.4 Å². The highest BCUT2D eigenvalue weighted by atomic mass is 19.1. The van der Waals surface area contributed by atoms with E-state index in [1.165, 1.54) is 18.3 Å². The van der Waals surface area contributed by atoms with E-state index in [9.17, 15) is 9.18 Å². The van der Waals surface area contributed by atoms with E-state index in [1.807, 2.05) is 6.07 Å². The quantitative estimate of drug-likeness (QED) is 0.888. The zero-order chi connectivity index (χ0) is 16.7. The second-order valence-corrected chi connectivity index (χ2v) is 5.85. The highest BCUT2D eigenvalue weighted by molar-refractivity contribution is 5.88. The fourth-order valence-electron chi connectivity index (χ4n) is 3.14. The fraction of sp³-hybridized carbons (Fsp3) is 0.235. The van der Waals surface area contributed by atoms with Crippen molar-refractivity contribution in [3.05, 3.63) is 53.5 Å². The predicted molar refractivity (Wildman–Crippen MR) is 83.0 cm³/mol. The molecule has 2 amide bonds. The lowest BCUT2D eigenvalue weighted by Crippen LogP contribution is -2.32. The first-order valence-electron chi connectivity index (χ1n) is 7.51. The molecule has 1 aromatic heterocycles. The van der Waals surface area contributed by atoms with Crippen LogP contribution in [-0.2, 0) is 0 Å². The number of hydrogen-bond acceptors (Lipinski definition) is 4. The molecule has 6 nitrogen and oxygen atoms in total. The Balaban J connectivity index is 1.42. The number of halogens is 1. The van der Waals surface area contributed by atoms with E-state index in [1.54, 1.807) is 18.2 Å². The largest absolute Gasteiger partial charge is 0.493 e. The second-order valence-electron chi connectivity index (χ2n) is 5.85. The number of fused-ring (bicyclic) bond motifs is 3. The van der Waals surface area contributed by atoms with Gasteiger partial charge in [0.15, 0.2) is 0 Å². The Morgan fingerprint density at radius 3 is 3.00 bits per heavy atom. The molecule has 2 N–H and O–H groups in total. The van der Waals surface area contributed by atoms with Crippen LogP contribution in [0.4, 0.5) is 15.0 Å². The molecular formula is C17H13FN4O2. The zero-order valence-electron chi connectivity index (χ0n) is 12.5. The molecule has 0 spiro atoms. The summed E-state index contributed by atoms with van der Waals surface area (Å²) in [4.78, 5) is 16.1. The van der Waals surface area contributed by atoms with Crippen molar-refractivity contribution in [3.8, 4) is 11.8 Å². The first-order valence-corrected chi connectivity index (χ1v) is 7.51. The molecule has 120 valence electrons. The van der Waals surface area contributed by atoms with E-state index >= 15 is 0 Å². The molecule has 1 aliphatic carbocycles. The van der Waals surface area contributed by atoms with E-state index in [-0.39, 0.29) is 29.7 Å². The lowest BCUT2D eigenvalue weighted by Gasteiger charge is -2.15. The molecule has 1 fully saturated rings. The van der Waals surface area contributed by atoms with Gasteiger partial charge in [-0.05, 0) is 30.3 Å². The van der Waals surface area contributed by atoms with E-state index in [2.05, 4.69) is 15.6 Å². The van der Waals surface area contributed by atoms with Crippen LogP contribution in [0.2, 0.25) is 0 Å². The van der Waals surface area contributed by atoms with Gasteiger partial charge in [0.05, 0.1) is 12.2 Å². The fourth-order valence-corrected chi connectivity index (χ4v) is 3.14. The van der Waals surface area contributed by atoms with E-state index in [0.29, 0.717) is 23.7 Å². The van der Waals surface area contributed by atoms with Gasteiger partial charge in [-0.1, -0.05) is 0 Å². The normalized spacial score (nSPS) is 23.1. The van der Waals surface area contributed by atoms with Crippen molar-refractivity contribution in [3.63, 3.8) is 0 Å². The van der Waals surface area contributed by atoms with Crippen LogP contribution in [0.15, 0.2) is 36.5 Å². The molecule has 2 heterocycles. The van der Waals surface area contributed by atoms with Crippen molar-refractivity contribution in [1.29, 1.82) is 5.26 Å². The summed E-state index contributed by atoms with van der Waals surface area (Å²) in [6.45, 7) is 0.503. The molecule has 4 rings (SSSR count). The van der Waals surface area contributed by atoms with Gasteiger partial charge < -0.3 is 10.1 Å².